The number of hydrogen-bond acceptors (Lipinski definition) is 11. The first-order chi connectivity index (χ1) is 34.1. The van der Waals surface area contributed by atoms with Crippen molar-refractivity contribution in [2.45, 2.75) is 51.9 Å². The van der Waals surface area contributed by atoms with Crippen LogP contribution in [-0.2, 0) is 9.68 Å². The van der Waals surface area contributed by atoms with Gasteiger partial charge in [0.15, 0.2) is 0 Å². The molecule has 0 saturated carbocycles. The maximum atomic E-state index is 12.1. The van der Waals surface area contributed by atoms with Gasteiger partial charge in [0.05, 0.1) is 105 Å². The molecule has 8 amide bonds. The number of carbonyl (C=O) groups is 4. The maximum Gasteiger partial charge on any atom is 0.345 e. The van der Waals surface area contributed by atoms with Crippen molar-refractivity contribution in [3.63, 3.8) is 0 Å². The average molecular weight is 1090 g/mol. The number of likely N-dealkylation sites (N-methyl/N-ethyl adjacent to an activating group) is 1. The summed E-state index contributed by atoms with van der Waals surface area (Å²) in [6.07, 6.45) is 26.3. The van der Waals surface area contributed by atoms with E-state index < -0.39 is 0 Å². The molecule has 376 valence electrons. The molecule has 12 rings (SSSR count). The number of halogens is 1. The number of rotatable bonds is 9. The third kappa shape index (κ3) is 11.5. The Morgan fingerprint density at radius 1 is 0.606 bits per heavy atom. The molecule has 4 aromatic rings. The lowest BCUT2D eigenvalue weighted by Crippen LogP contribution is -2.33. The van der Waals surface area contributed by atoms with Gasteiger partial charge in [0.2, 0.25) is 0 Å². The summed E-state index contributed by atoms with van der Waals surface area (Å²) >= 11 is 2.25. The predicted molar refractivity (Wildman–Crippen MR) is 270 cm³/mol. The number of hydrogen-bond donors (Lipinski definition) is 2. The SMILES string of the molecule is C=CCON1C(=O)N2CC(I)=CC1C2.C=CCON1C(=O)N2CC(n3cc(C)cn3)=CC1C2.Cc1cn[nH]c1.Cc1cnn(C2=CC3CN(C2)C(=O)N3C)c1.Cc1cnn(C2=CC3CN(C2)C(=O)N3O)c1. The second-order valence-corrected chi connectivity index (χ2v) is 19.3. The number of aryl methyl sites for hydroxylation is 4. The first kappa shape index (κ1) is 50.4. The topological polar surface area (TPSA) is 215 Å². The molecule has 24 heteroatoms. The van der Waals surface area contributed by atoms with E-state index in [4.69, 9.17) is 9.68 Å². The molecule has 0 radical (unpaired) electrons. The number of amides is 8. The number of carbonyl (C=O) groups excluding carboxylic acids is 4. The van der Waals surface area contributed by atoms with E-state index in [1.54, 1.807) is 55.0 Å². The van der Waals surface area contributed by atoms with Crippen molar-refractivity contribution in [3.8, 4) is 0 Å². The second kappa shape index (κ2) is 21.9. The van der Waals surface area contributed by atoms with E-state index in [1.165, 1.54) is 19.3 Å². The third-order valence-corrected chi connectivity index (χ3v) is 12.9. The summed E-state index contributed by atoms with van der Waals surface area (Å²) in [6.45, 7) is 21.0. The van der Waals surface area contributed by atoms with Gasteiger partial charge in [-0.15, -0.1) is 13.2 Å². The minimum Gasteiger partial charge on any atom is -0.319 e. The number of H-pyrrole nitrogens is 1. The van der Waals surface area contributed by atoms with E-state index >= 15 is 0 Å². The molecule has 71 heavy (non-hydrogen) atoms. The zero-order chi connectivity index (χ0) is 50.5. The molecular weight excluding hydrogens is 1030 g/mol. The number of urea groups is 4. The lowest BCUT2D eigenvalue weighted by molar-refractivity contribution is -0.107. The van der Waals surface area contributed by atoms with Crippen LogP contribution < -0.4 is 0 Å². The molecule has 2 N–H and O–H groups in total. The van der Waals surface area contributed by atoms with E-state index in [2.05, 4.69) is 73.4 Å². The number of hydroxylamine groups is 6. The summed E-state index contributed by atoms with van der Waals surface area (Å²) in [5.41, 5.74) is 7.49. The van der Waals surface area contributed by atoms with E-state index in [9.17, 15) is 24.4 Å². The Morgan fingerprint density at radius 3 is 1.44 bits per heavy atom. The van der Waals surface area contributed by atoms with Gasteiger partial charge in [-0.25, -0.2) is 33.2 Å². The van der Waals surface area contributed by atoms with Crippen molar-refractivity contribution >= 4 is 63.8 Å². The van der Waals surface area contributed by atoms with Gasteiger partial charge in [0.1, 0.15) is 0 Å². The molecule has 4 atom stereocenters. The zero-order valence-corrected chi connectivity index (χ0v) is 42.5. The van der Waals surface area contributed by atoms with E-state index in [0.717, 1.165) is 51.9 Å². The molecule has 4 unspecified atom stereocenters. The normalized spacial score (nSPS) is 22.4. The molecule has 8 bridgehead atoms. The highest BCUT2D eigenvalue weighted by Gasteiger charge is 2.43. The number of aromatic nitrogens is 8. The second-order valence-electron chi connectivity index (χ2n) is 17.9. The van der Waals surface area contributed by atoms with Gasteiger partial charge in [0, 0.05) is 61.6 Å². The Kier molecular flexibility index (Phi) is 15.6. The van der Waals surface area contributed by atoms with Crippen LogP contribution in [0.3, 0.4) is 0 Å². The van der Waals surface area contributed by atoms with Gasteiger partial charge in [-0.2, -0.15) is 35.6 Å². The number of fused-ring (bicyclic) bond motifs is 8. The highest BCUT2D eigenvalue weighted by Crippen LogP contribution is 2.29. The van der Waals surface area contributed by atoms with Gasteiger partial charge < -0.3 is 24.5 Å². The van der Waals surface area contributed by atoms with E-state index in [1.807, 2.05) is 92.1 Å². The molecule has 8 aliphatic rings. The molecule has 23 nitrogen and oxygen atoms in total. The van der Waals surface area contributed by atoms with Crippen LogP contribution in [0, 0.1) is 27.7 Å². The minimum absolute atomic E-state index is 0.0419. The Morgan fingerprint density at radius 2 is 1.03 bits per heavy atom. The fourth-order valence-corrected chi connectivity index (χ4v) is 9.56. The van der Waals surface area contributed by atoms with Crippen molar-refractivity contribution in [2.75, 3.05) is 72.6 Å². The molecule has 0 aromatic carbocycles. The van der Waals surface area contributed by atoms with Crippen molar-refractivity contribution in [1.29, 1.82) is 0 Å². The first-order valence-corrected chi connectivity index (χ1v) is 24.1. The largest absolute Gasteiger partial charge is 0.345 e. The van der Waals surface area contributed by atoms with Crippen LogP contribution in [0.1, 0.15) is 22.3 Å². The standard InChI is InChI=1S/C13H16N4O2.C11H14N4O.C10H12N4O2.C9H11IN2O2.C4H6N2/c1-3-4-19-17-12-5-11(8-15(9-12)13(17)18)16-7-10(2)6-14-16;1-8-4-12-15(5-8)10-3-9-6-14(7-10)11(16)13(9)2;1-7-3-11-13(4-7)8-2-9-6-12(5-8)10(15)14(9)16;1-2-3-14-12-8-4-7(10)5-11(6-8)9(12)13;1-4-2-5-6-3-4/h3,5-7,12H,1,4,8-9H2,2H3;3-5,9H,6-7H2,1-2H3;2-4,9,16H,5-6H2,1H3;2,4,8H,1,3,5-6H2;2-3H,1H3,(H,5,6). The molecule has 4 fully saturated rings. The number of aromatic amines is 1. The maximum absolute atomic E-state index is 12.1. The average Bonchev–Trinajstić information content (AvgIpc) is 4.28. The van der Waals surface area contributed by atoms with Crippen molar-refractivity contribution in [1.82, 2.24) is 79.2 Å². The summed E-state index contributed by atoms with van der Waals surface area (Å²) in [7, 11) is 1.85. The van der Waals surface area contributed by atoms with Gasteiger partial charge in [-0.05, 0) is 96.8 Å². The monoisotopic (exact) mass is 1090 g/mol. The highest BCUT2D eigenvalue weighted by atomic mass is 127. The Balaban J connectivity index is 0.000000123. The van der Waals surface area contributed by atoms with Crippen LogP contribution in [-0.4, -0.2) is 205 Å². The Labute approximate surface area is 424 Å². The Bertz CT molecular complexity index is 2650. The summed E-state index contributed by atoms with van der Waals surface area (Å²) in [5, 5.41) is 32.3. The van der Waals surface area contributed by atoms with Crippen molar-refractivity contribution in [2.24, 2.45) is 0 Å². The van der Waals surface area contributed by atoms with Crippen LogP contribution in [0.5, 0.6) is 0 Å². The fourth-order valence-electron chi connectivity index (χ4n) is 8.73. The summed E-state index contributed by atoms with van der Waals surface area (Å²) in [6, 6.07) is -0.396. The zero-order valence-electron chi connectivity index (χ0n) is 40.4. The number of nitrogens with zero attached hydrogens (tertiary/aromatic N) is 15. The Hall–Kier alpha value is -7.03. The lowest BCUT2D eigenvalue weighted by Gasteiger charge is -2.21. The van der Waals surface area contributed by atoms with E-state index in [0.29, 0.717) is 52.5 Å². The molecule has 4 saturated heterocycles. The van der Waals surface area contributed by atoms with Crippen LogP contribution >= 0.6 is 22.6 Å². The van der Waals surface area contributed by atoms with Crippen molar-refractivity contribution < 1.29 is 34.1 Å². The van der Waals surface area contributed by atoms with E-state index in [-0.39, 0.29) is 48.3 Å². The molecule has 12 heterocycles. The highest BCUT2D eigenvalue weighted by molar-refractivity contribution is 14.1. The summed E-state index contributed by atoms with van der Waals surface area (Å²) < 4.78 is 6.62. The minimum atomic E-state index is -0.333. The molecule has 0 aliphatic carbocycles. The quantitative estimate of drug-likeness (QED) is 0.131. The van der Waals surface area contributed by atoms with Crippen LogP contribution in [0.15, 0.2) is 103 Å². The van der Waals surface area contributed by atoms with Crippen molar-refractivity contribution in [3.05, 3.63) is 125 Å². The molecule has 4 aromatic heterocycles. The van der Waals surface area contributed by atoms with Gasteiger partial charge in [0.25, 0.3) is 0 Å². The van der Waals surface area contributed by atoms with Gasteiger partial charge in [-0.1, -0.05) is 12.2 Å². The van der Waals surface area contributed by atoms with Crippen LogP contribution in [0.4, 0.5) is 19.2 Å². The third-order valence-electron chi connectivity index (χ3n) is 12.2. The first-order valence-electron chi connectivity index (χ1n) is 23.0. The summed E-state index contributed by atoms with van der Waals surface area (Å²) in [5.74, 6) is 0. The predicted octanol–water partition coefficient (Wildman–Crippen LogP) is 4.85. The van der Waals surface area contributed by atoms with Crippen LogP contribution in [0.25, 0.3) is 17.1 Å². The van der Waals surface area contributed by atoms with Gasteiger partial charge in [-0.3, -0.25) is 20.0 Å². The van der Waals surface area contributed by atoms with Crippen LogP contribution in [0.2, 0.25) is 0 Å². The molecular formula is C47H59IN16O7. The van der Waals surface area contributed by atoms with Gasteiger partial charge >= 0.3 is 24.1 Å². The molecule has 0 spiro atoms. The fraction of sp³-hybridized carbons (Fsp3) is 0.404. The smallest absolute Gasteiger partial charge is 0.319 e. The molecule has 8 aliphatic heterocycles. The lowest BCUT2D eigenvalue weighted by atomic mass is 10.2. The number of nitrogens with one attached hydrogen (secondary N) is 1. The summed E-state index contributed by atoms with van der Waals surface area (Å²) in [4.78, 5) is 66.6.